The van der Waals surface area contributed by atoms with Crippen molar-refractivity contribution in [3.05, 3.63) is 61.3 Å². The summed E-state index contributed by atoms with van der Waals surface area (Å²) in [6, 6.07) is 11.3. The number of nitrogens with one attached hydrogen (secondary N) is 2. The van der Waals surface area contributed by atoms with Gasteiger partial charge in [-0.1, -0.05) is 6.07 Å². The average Bonchev–Trinajstić information content (AvgIpc) is 3.08. The molecule has 1 aromatic carbocycles. The van der Waals surface area contributed by atoms with Gasteiger partial charge in [-0.2, -0.15) is 5.10 Å². The van der Waals surface area contributed by atoms with Crippen molar-refractivity contribution in [2.24, 2.45) is 0 Å². The van der Waals surface area contributed by atoms with Gasteiger partial charge in [-0.05, 0) is 30.3 Å². The fourth-order valence-electron chi connectivity index (χ4n) is 3.29. The molecule has 5 aromatic rings. The molecular weight excluding hydrogens is 354 g/mol. The number of hydrogen-bond acceptors (Lipinski definition) is 6. The summed E-state index contributed by atoms with van der Waals surface area (Å²) in [6.07, 6.45) is 6.85. The van der Waals surface area contributed by atoms with Crippen molar-refractivity contribution in [2.75, 3.05) is 10.6 Å². The van der Waals surface area contributed by atoms with Gasteiger partial charge in [0.25, 0.3) is 0 Å². The lowest BCUT2D eigenvalue weighted by molar-refractivity contribution is -0.114. The Bertz CT molecular complexity index is 1360. The molecule has 2 N–H and O–H groups in total. The van der Waals surface area contributed by atoms with Gasteiger partial charge in [-0.15, -0.1) is 0 Å². The molecule has 0 saturated carbocycles. The van der Waals surface area contributed by atoms with Crippen molar-refractivity contribution in [2.45, 2.75) is 6.92 Å². The molecule has 0 aliphatic carbocycles. The number of rotatable bonds is 3. The van der Waals surface area contributed by atoms with E-state index in [0.29, 0.717) is 11.5 Å². The third-order valence-electron chi connectivity index (χ3n) is 4.41. The Morgan fingerprint density at radius 3 is 2.82 bits per heavy atom. The van der Waals surface area contributed by atoms with Gasteiger partial charge in [0.05, 0.1) is 22.6 Å². The molecule has 0 radical (unpaired) electrons. The molecule has 8 heteroatoms. The molecule has 0 bridgehead atoms. The van der Waals surface area contributed by atoms with Crippen LogP contribution >= 0.6 is 0 Å². The Morgan fingerprint density at radius 1 is 1.07 bits per heavy atom. The first-order chi connectivity index (χ1) is 13.7. The highest BCUT2D eigenvalue weighted by molar-refractivity contribution is 6.14. The van der Waals surface area contributed by atoms with Crippen LogP contribution in [0.5, 0.6) is 0 Å². The SMILES string of the molecule is CC(=O)Nc1cccc(Nc2nc3cnccc3c3nn4cnccc4c23)c1. The molecule has 28 heavy (non-hydrogen) atoms. The van der Waals surface area contributed by atoms with E-state index < -0.39 is 0 Å². The molecule has 5 rings (SSSR count). The summed E-state index contributed by atoms with van der Waals surface area (Å²) in [5, 5.41) is 12.7. The fourth-order valence-corrected chi connectivity index (χ4v) is 3.29. The Labute approximate surface area is 159 Å². The number of anilines is 3. The van der Waals surface area contributed by atoms with Crippen molar-refractivity contribution in [1.29, 1.82) is 0 Å². The number of amides is 1. The van der Waals surface area contributed by atoms with Gasteiger partial charge in [0, 0.05) is 36.1 Å². The zero-order valence-corrected chi connectivity index (χ0v) is 14.9. The molecule has 0 aliphatic heterocycles. The van der Waals surface area contributed by atoms with Crippen LogP contribution in [0.1, 0.15) is 6.92 Å². The second-order valence-electron chi connectivity index (χ2n) is 6.37. The molecular formula is C20H15N7O. The number of fused-ring (bicyclic) bond motifs is 5. The lowest BCUT2D eigenvalue weighted by Crippen LogP contribution is -2.05. The third-order valence-corrected chi connectivity index (χ3v) is 4.41. The van der Waals surface area contributed by atoms with Gasteiger partial charge in [0.2, 0.25) is 5.91 Å². The molecule has 0 fully saturated rings. The standard InChI is InChI=1S/C20H15N7O/c1-12(28)23-13-3-2-4-14(9-13)24-20-18-17-6-8-22-11-27(17)26-19(18)15-5-7-21-10-16(15)25-20/h2-11H,1H3,(H,23,28)(H,24,25). The molecule has 8 nitrogen and oxygen atoms in total. The second kappa shape index (κ2) is 6.27. The number of benzene rings is 1. The van der Waals surface area contributed by atoms with Gasteiger partial charge in [-0.25, -0.2) is 14.5 Å². The summed E-state index contributed by atoms with van der Waals surface area (Å²) < 4.78 is 1.74. The van der Waals surface area contributed by atoms with Crippen LogP contribution in [0, 0.1) is 0 Å². The normalized spacial score (nSPS) is 11.2. The van der Waals surface area contributed by atoms with Gasteiger partial charge in [-0.3, -0.25) is 9.78 Å². The third kappa shape index (κ3) is 2.67. The first-order valence-corrected chi connectivity index (χ1v) is 8.69. The van der Waals surface area contributed by atoms with Crippen molar-refractivity contribution < 1.29 is 4.79 Å². The lowest BCUT2D eigenvalue weighted by atomic mass is 10.1. The summed E-state index contributed by atoms with van der Waals surface area (Å²) in [5.74, 6) is 0.543. The highest BCUT2D eigenvalue weighted by Gasteiger charge is 2.15. The molecule has 0 unspecified atom stereocenters. The molecule has 0 saturated heterocycles. The zero-order chi connectivity index (χ0) is 19.1. The Hall–Kier alpha value is -4.07. The molecule has 1 amide bonds. The van der Waals surface area contributed by atoms with E-state index in [9.17, 15) is 4.79 Å². The van der Waals surface area contributed by atoms with E-state index in [2.05, 4.69) is 20.6 Å². The smallest absolute Gasteiger partial charge is 0.221 e. The molecule has 0 atom stereocenters. The van der Waals surface area contributed by atoms with Crippen LogP contribution < -0.4 is 10.6 Å². The number of carbonyl (C=O) groups is 1. The predicted molar refractivity (Wildman–Crippen MR) is 108 cm³/mol. The topological polar surface area (TPSA) is 97.1 Å². The average molecular weight is 369 g/mol. The second-order valence-corrected chi connectivity index (χ2v) is 6.37. The lowest BCUT2D eigenvalue weighted by Gasteiger charge is -2.10. The summed E-state index contributed by atoms with van der Waals surface area (Å²) in [5.41, 5.74) is 3.97. The molecule has 4 heterocycles. The van der Waals surface area contributed by atoms with Crippen LogP contribution in [0.15, 0.2) is 61.3 Å². The maximum atomic E-state index is 11.3. The van der Waals surface area contributed by atoms with Gasteiger partial charge in [0.15, 0.2) is 0 Å². The molecule has 0 aliphatic rings. The first-order valence-electron chi connectivity index (χ1n) is 8.69. The van der Waals surface area contributed by atoms with Gasteiger partial charge < -0.3 is 10.6 Å². The Kier molecular flexibility index (Phi) is 3.61. The monoisotopic (exact) mass is 369 g/mol. The minimum absolute atomic E-state index is 0.121. The van der Waals surface area contributed by atoms with E-state index in [-0.39, 0.29) is 5.91 Å². The van der Waals surface area contributed by atoms with Crippen LogP contribution in [-0.2, 0) is 4.79 Å². The highest BCUT2D eigenvalue weighted by Crippen LogP contribution is 2.33. The summed E-state index contributed by atoms with van der Waals surface area (Å²) in [4.78, 5) is 24.5. The molecule has 4 aromatic heterocycles. The van der Waals surface area contributed by atoms with Crippen LogP contribution in [-0.4, -0.2) is 30.5 Å². The van der Waals surface area contributed by atoms with E-state index in [0.717, 1.165) is 33.0 Å². The number of pyridine rings is 2. The van der Waals surface area contributed by atoms with Crippen molar-refractivity contribution in [3.63, 3.8) is 0 Å². The van der Waals surface area contributed by atoms with Crippen LogP contribution in [0.25, 0.3) is 27.3 Å². The van der Waals surface area contributed by atoms with Crippen molar-refractivity contribution in [1.82, 2.24) is 24.6 Å². The number of aromatic nitrogens is 5. The van der Waals surface area contributed by atoms with Crippen LogP contribution in [0.2, 0.25) is 0 Å². The Balaban J connectivity index is 1.73. The van der Waals surface area contributed by atoms with Crippen molar-refractivity contribution in [3.8, 4) is 0 Å². The molecule has 0 spiro atoms. The Morgan fingerprint density at radius 2 is 1.93 bits per heavy atom. The van der Waals surface area contributed by atoms with E-state index >= 15 is 0 Å². The van der Waals surface area contributed by atoms with Crippen LogP contribution in [0.3, 0.4) is 0 Å². The maximum absolute atomic E-state index is 11.3. The minimum atomic E-state index is -0.121. The summed E-state index contributed by atoms with van der Waals surface area (Å²) in [6.45, 7) is 1.48. The van der Waals surface area contributed by atoms with E-state index in [1.807, 2.05) is 36.4 Å². The number of carbonyl (C=O) groups excluding carboxylic acids is 1. The highest BCUT2D eigenvalue weighted by atomic mass is 16.1. The maximum Gasteiger partial charge on any atom is 0.221 e. The van der Waals surface area contributed by atoms with E-state index in [1.54, 1.807) is 29.4 Å². The zero-order valence-electron chi connectivity index (χ0n) is 14.9. The van der Waals surface area contributed by atoms with Gasteiger partial charge in [0.1, 0.15) is 17.7 Å². The minimum Gasteiger partial charge on any atom is -0.340 e. The van der Waals surface area contributed by atoms with E-state index in [1.165, 1.54) is 6.92 Å². The molecule has 136 valence electrons. The van der Waals surface area contributed by atoms with Crippen LogP contribution in [0.4, 0.5) is 17.2 Å². The largest absolute Gasteiger partial charge is 0.340 e. The van der Waals surface area contributed by atoms with Crippen molar-refractivity contribution >= 4 is 50.4 Å². The quantitative estimate of drug-likeness (QED) is 0.505. The van der Waals surface area contributed by atoms with Gasteiger partial charge >= 0.3 is 0 Å². The fraction of sp³-hybridized carbons (Fsp3) is 0.0500. The number of hydrogen-bond donors (Lipinski definition) is 2. The first kappa shape index (κ1) is 16.1. The van der Waals surface area contributed by atoms with E-state index in [4.69, 9.17) is 10.1 Å². The number of nitrogens with zero attached hydrogens (tertiary/aromatic N) is 5. The summed E-state index contributed by atoms with van der Waals surface area (Å²) >= 11 is 0. The predicted octanol–water partition coefficient (Wildman–Crippen LogP) is 3.53. The summed E-state index contributed by atoms with van der Waals surface area (Å²) in [7, 11) is 0.